The number of carbonyl (C=O) groups excluding carboxylic acids is 3. The summed E-state index contributed by atoms with van der Waals surface area (Å²) in [4.78, 5) is 35.9. The van der Waals surface area contributed by atoms with Crippen molar-refractivity contribution in [2.45, 2.75) is 25.0 Å². The third-order valence-corrected chi connectivity index (χ3v) is 3.42. The average Bonchev–Trinajstić information content (AvgIpc) is 2.52. The van der Waals surface area contributed by atoms with E-state index < -0.39 is 29.0 Å². The summed E-state index contributed by atoms with van der Waals surface area (Å²) >= 11 is 0. The van der Waals surface area contributed by atoms with E-state index in [-0.39, 0.29) is 5.56 Å². The molecule has 1 rings (SSSR count). The van der Waals surface area contributed by atoms with E-state index in [2.05, 4.69) is 14.8 Å². The van der Waals surface area contributed by atoms with Gasteiger partial charge in [-0.3, -0.25) is 4.79 Å². The van der Waals surface area contributed by atoms with Crippen molar-refractivity contribution in [3.05, 3.63) is 35.9 Å². The molecule has 1 amide bonds. The van der Waals surface area contributed by atoms with Crippen molar-refractivity contribution in [3.8, 4) is 0 Å². The molecule has 1 aromatic carbocycles. The Morgan fingerprint density at radius 3 is 1.95 bits per heavy atom. The molecule has 0 aromatic heterocycles. The fourth-order valence-electron chi connectivity index (χ4n) is 2.28. The molecule has 0 bridgehead atoms. The molecule has 0 saturated heterocycles. The van der Waals surface area contributed by atoms with E-state index in [4.69, 9.17) is 0 Å². The standard InChI is InChI=1S/C15H19NO6/c1-10(17)16-14(2,12(18)21-3)15(20,13(19)22-4)11-8-6-5-7-9-11/h5-9,20H,1-4H3,(H,16,17)/t14-,15+/m0/s1. The maximum absolute atomic E-state index is 12.3. The van der Waals surface area contributed by atoms with Crippen LogP contribution in [0.1, 0.15) is 19.4 Å². The average molecular weight is 309 g/mol. The highest BCUT2D eigenvalue weighted by molar-refractivity contribution is 5.97. The summed E-state index contributed by atoms with van der Waals surface area (Å²) in [6.07, 6.45) is 0. The lowest BCUT2D eigenvalue weighted by Gasteiger charge is -2.40. The van der Waals surface area contributed by atoms with Crippen LogP contribution in [-0.2, 0) is 29.5 Å². The first-order valence-corrected chi connectivity index (χ1v) is 6.47. The summed E-state index contributed by atoms with van der Waals surface area (Å²) < 4.78 is 9.30. The van der Waals surface area contributed by atoms with Crippen LogP contribution in [0.4, 0.5) is 0 Å². The van der Waals surface area contributed by atoms with Gasteiger partial charge in [0.15, 0.2) is 5.54 Å². The summed E-state index contributed by atoms with van der Waals surface area (Å²) in [5.41, 5.74) is -4.44. The Labute approximate surface area is 128 Å². The zero-order chi connectivity index (χ0) is 17.0. The number of aliphatic hydroxyl groups is 1. The van der Waals surface area contributed by atoms with E-state index in [1.165, 1.54) is 19.1 Å². The highest BCUT2D eigenvalue weighted by Crippen LogP contribution is 2.35. The Kier molecular flexibility index (Phi) is 5.27. The first kappa shape index (κ1) is 17.6. The van der Waals surface area contributed by atoms with Crippen molar-refractivity contribution in [3.63, 3.8) is 0 Å². The monoisotopic (exact) mass is 309 g/mol. The number of carbonyl (C=O) groups is 3. The summed E-state index contributed by atoms with van der Waals surface area (Å²) in [5.74, 6) is -2.70. The zero-order valence-corrected chi connectivity index (χ0v) is 12.9. The van der Waals surface area contributed by atoms with Crippen molar-refractivity contribution >= 4 is 17.8 Å². The van der Waals surface area contributed by atoms with Gasteiger partial charge < -0.3 is 19.9 Å². The predicted molar refractivity (Wildman–Crippen MR) is 76.6 cm³/mol. The molecule has 1 aromatic rings. The maximum atomic E-state index is 12.3. The van der Waals surface area contributed by atoms with Gasteiger partial charge in [-0.25, -0.2) is 9.59 Å². The largest absolute Gasteiger partial charge is 0.467 e. The topological polar surface area (TPSA) is 102 Å². The highest BCUT2D eigenvalue weighted by atomic mass is 16.5. The zero-order valence-electron chi connectivity index (χ0n) is 12.9. The molecule has 0 aliphatic heterocycles. The van der Waals surface area contributed by atoms with Crippen LogP contribution in [0.2, 0.25) is 0 Å². The number of hydrogen-bond acceptors (Lipinski definition) is 6. The summed E-state index contributed by atoms with van der Waals surface area (Å²) in [6.45, 7) is 2.36. The molecule has 7 nitrogen and oxygen atoms in total. The van der Waals surface area contributed by atoms with E-state index in [0.717, 1.165) is 21.1 Å². The minimum Gasteiger partial charge on any atom is -0.467 e. The van der Waals surface area contributed by atoms with Gasteiger partial charge in [0.2, 0.25) is 11.5 Å². The smallest absolute Gasteiger partial charge is 0.345 e. The molecule has 0 aliphatic rings. The fourth-order valence-corrected chi connectivity index (χ4v) is 2.28. The van der Waals surface area contributed by atoms with Crippen molar-refractivity contribution in [2.24, 2.45) is 0 Å². The minimum atomic E-state index is -2.46. The van der Waals surface area contributed by atoms with Gasteiger partial charge in [-0.05, 0) is 12.5 Å². The Bertz CT molecular complexity index is 573. The number of esters is 2. The van der Waals surface area contributed by atoms with E-state index in [1.54, 1.807) is 18.2 Å². The number of amides is 1. The molecule has 22 heavy (non-hydrogen) atoms. The van der Waals surface area contributed by atoms with E-state index in [1.807, 2.05) is 0 Å². The van der Waals surface area contributed by atoms with Crippen molar-refractivity contribution < 1.29 is 29.0 Å². The third kappa shape index (κ3) is 2.80. The third-order valence-electron chi connectivity index (χ3n) is 3.42. The molecule has 0 unspecified atom stereocenters. The molecular formula is C15H19NO6. The van der Waals surface area contributed by atoms with Crippen molar-refractivity contribution in [2.75, 3.05) is 14.2 Å². The van der Waals surface area contributed by atoms with Gasteiger partial charge in [-0.2, -0.15) is 0 Å². The summed E-state index contributed by atoms with van der Waals surface area (Å²) in [7, 11) is 2.16. The van der Waals surface area contributed by atoms with Gasteiger partial charge in [0.25, 0.3) is 0 Å². The second kappa shape index (κ2) is 6.57. The second-order valence-electron chi connectivity index (χ2n) is 4.87. The quantitative estimate of drug-likeness (QED) is 0.749. The molecular weight excluding hydrogens is 290 g/mol. The normalized spacial score (nSPS) is 15.9. The number of benzene rings is 1. The van der Waals surface area contributed by atoms with Crippen LogP contribution in [-0.4, -0.2) is 42.7 Å². The molecule has 2 N–H and O–H groups in total. The molecule has 0 radical (unpaired) electrons. The van der Waals surface area contributed by atoms with Crippen LogP contribution >= 0.6 is 0 Å². The van der Waals surface area contributed by atoms with Crippen LogP contribution in [0.3, 0.4) is 0 Å². The number of hydrogen-bond donors (Lipinski definition) is 2. The van der Waals surface area contributed by atoms with Crippen molar-refractivity contribution in [1.29, 1.82) is 0 Å². The lowest BCUT2D eigenvalue weighted by molar-refractivity contribution is -0.185. The Morgan fingerprint density at radius 1 is 1.05 bits per heavy atom. The number of methoxy groups -OCH3 is 2. The van der Waals surface area contributed by atoms with Gasteiger partial charge in [0.05, 0.1) is 14.2 Å². The molecule has 0 heterocycles. The first-order valence-electron chi connectivity index (χ1n) is 6.47. The van der Waals surface area contributed by atoms with Gasteiger partial charge in [-0.1, -0.05) is 30.3 Å². The van der Waals surface area contributed by atoms with E-state index in [0.29, 0.717) is 0 Å². The second-order valence-corrected chi connectivity index (χ2v) is 4.87. The van der Waals surface area contributed by atoms with Crippen LogP contribution in [0.5, 0.6) is 0 Å². The van der Waals surface area contributed by atoms with E-state index >= 15 is 0 Å². The molecule has 0 fully saturated rings. The molecule has 120 valence electrons. The molecule has 7 heteroatoms. The van der Waals surface area contributed by atoms with Gasteiger partial charge in [0, 0.05) is 6.92 Å². The number of ether oxygens (including phenoxy) is 2. The van der Waals surface area contributed by atoms with Crippen molar-refractivity contribution in [1.82, 2.24) is 5.32 Å². The predicted octanol–water partition coefficient (Wildman–Crippen LogP) is 0.115. The lowest BCUT2D eigenvalue weighted by Crippen LogP contribution is -2.68. The van der Waals surface area contributed by atoms with Crippen LogP contribution in [0.25, 0.3) is 0 Å². The van der Waals surface area contributed by atoms with Crippen LogP contribution < -0.4 is 5.32 Å². The van der Waals surface area contributed by atoms with Crippen LogP contribution in [0.15, 0.2) is 30.3 Å². The summed E-state index contributed by atoms with van der Waals surface area (Å²) in [5, 5.41) is 13.3. The van der Waals surface area contributed by atoms with Crippen LogP contribution in [0, 0.1) is 0 Å². The Morgan fingerprint density at radius 2 is 1.55 bits per heavy atom. The SMILES string of the molecule is COC(=O)[C@](C)(NC(C)=O)[C@](O)(C(=O)OC)c1ccccc1. The van der Waals surface area contributed by atoms with Gasteiger partial charge >= 0.3 is 11.9 Å². The minimum absolute atomic E-state index is 0.0866. The maximum Gasteiger partial charge on any atom is 0.345 e. The molecule has 0 aliphatic carbocycles. The fraction of sp³-hybridized carbons (Fsp3) is 0.400. The van der Waals surface area contributed by atoms with E-state index in [9.17, 15) is 19.5 Å². The lowest BCUT2D eigenvalue weighted by atomic mass is 9.75. The first-order chi connectivity index (χ1) is 10.2. The molecule has 0 saturated carbocycles. The summed E-state index contributed by atoms with van der Waals surface area (Å²) in [6, 6.07) is 7.72. The Hall–Kier alpha value is -2.41. The van der Waals surface area contributed by atoms with Gasteiger partial charge in [0.1, 0.15) is 0 Å². The highest BCUT2D eigenvalue weighted by Gasteiger charge is 2.61. The Balaban J connectivity index is 3.62. The molecule has 0 spiro atoms. The number of nitrogens with one attached hydrogen (secondary N) is 1. The molecule has 2 atom stereocenters. The number of rotatable bonds is 5. The van der Waals surface area contributed by atoms with Gasteiger partial charge in [-0.15, -0.1) is 0 Å².